The number of hydrogen-bond acceptors (Lipinski definition) is 2. The first-order valence-electron chi connectivity index (χ1n) is 6.77. The van der Waals surface area contributed by atoms with Crippen LogP contribution in [0.5, 0.6) is 5.75 Å². The Balaban J connectivity index is 2.12. The van der Waals surface area contributed by atoms with Gasteiger partial charge in [-0.1, -0.05) is 25.5 Å². The summed E-state index contributed by atoms with van der Waals surface area (Å²) in [5, 5.41) is 9.33. The highest BCUT2D eigenvalue weighted by atomic mass is 16.3. The zero-order valence-electron chi connectivity index (χ0n) is 10.9. The van der Waals surface area contributed by atoms with Crippen LogP contribution in [0.25, 0.3) is 0 Å². The normalized spacial score (nSPS) is 23.5. The highest BCUT2D eigenvalue weighted by Crippen LogP contribution is 2.30. The van der Waals surface area contributed by atoms with E-state index in [1.54, 1.807) is 12.1 Å². The smallest absolute Gasteiger partial charge is 0.115 e. The van der Waals surface area contributed by atoms with Crippen LogP contribution in [0, 0.1) is 0 Å². The van der Waals surface area contributed by atoms with Crippen LogP contribution in [0.2, 0.25) is 0 Å². The molecule has 2 unspecified atom stereocenters. The molecular formula is C15H23NO. The minimum atomic E-state index is 0.353. The van der Waals surface area contributed by atoms with E-state index in [4.69, 9.17) is 0 Å². The highest BCUT2D eigenvalue weighted by molar-refractivity contribution is 5.27. The average Bonchev–Trinajstić information content (AvgIpc) is 2.39. The maximum absolute atomic E-state index is 9.33. The second-order valence-corrected chi connectivity index (χ2v) is 5.06. The third kappa shape index (κ3) is 2.81. The predicted octanol–water partition coefficient (Wildman–Crippen LogP) is 3.72. The van der Waals surface area contributed by atoms with E-state index in [-0.39, 0.29) is 0 Å². The third-order valence-corrected chi connectivity index (χ3v) is 4.02. The van der Waals surface area contributed by atoms with Crippen LogP contribution in [-0.2, 0) is 0 Å². The van der Waals surface area contributed by atoms with Gasteiger partial charge in [0.25, 0.3) is 0 Å². The molecule has 0 aliphatic carbocycles. The van der Waals surface area contributed by atoms with Gasteiger partial charge in [-0.3, -0.25) is 4.90 Å². The molecule has 1 N–H and O–H groups in total. The average molecular weight is 233 g/mol. The maximum atomic E-state index is 9.33. The van der Waals surface area contributed by atoms with E-state index in [0.717, 1.165) is 6.04 Å². The monoisotopic (exact) mass is 233 g/mol. The second kappa shape index (κ2) is 5.54. The number of hydrogen-bond donors (Lipinski definition) is 1. The van der Waals surface area contributed by atoms with Gasteiger partial charge in [-0.15, -0.1) is 0 Å². The molecule has 0 amide bonds. The van der Waals surface area contributed by atoms with Crippen molar-refractivity contribution in [3.63, 3.8) is 0 Å². The van der Waals surface area contributed by atoms with Gasteiger partial charge in [0.15, 0.2) is 0 Å². The van der Waals surface area contributed by atoms with Gasteiger partial charge < -0.3 is 5.11 Å². The molecular weight excluding hydrogens is 210 g/mol. The number of rotatable bonds is 3. The summed E-state index contributed by atoms with van der Waals surface area (Å²) in [4.78, 5) is 2.62. The topological polar surface area (TPSA) is 23.5 Å². The Kier molecular flexibility index (Phi) is 4.06. The Morgan fingerprint density at radius 3 is 2.65 bits per heavy atom. The van der Waals surface area contributed by atoms with Gasteiger partial charge in [0, 0.05) is 12.1 Å². The zero-order valence-corrected chi connectivity index (χ0v) is 10.9. The fourth-order valence-electron chi connectivity index (χ4n) is 2.92. The van der Waals surface area contributed by atoms with Crippen molar-refractivity contribution in [2.75, 3.05) is 6.54 Å². The van der Waals surface area contributed by atoms with Gasteiger partial charge >= 0.3 is 0 Å². The van der Waals surface area contributed by atoms with E-state index in [9.17, 15) is 5.11 Å². The first-order chi connectivity index (χ1) is 8.22. The second-order valence-electron chi connectivity index (χ2n) is 5.06. The van der Waals surface area contributed by atoms with Crippen LogP contribution in [0.3, 0.4) is 0 Å². The Hall–Kier alpha value is -1.02. The van der Waals surface area contributed by atoms with E-state index < -0.39 is 0 Å². The summed E-state index contributed by atoms with van der Waals surface area (Å²) in [6, 6.07) is 8.85. The van der Waals surface area contributed by atoms with Crippen LogP contribution in [0.1, 0.15) is 51.1 Å². The lowest BCUT2D eigenvalue weighted by Crippen LogP contribution is -2.40. The van der Waals surface area contributed by atoms with Gasteiger partial charge in [0.1, 0.15) is 5.75 Å². The van der Waals surface area contributed by atoms with E-state index in [1.807, 2.05) is 12.1 Å². The summed E-state index contributed by atoms with van der Waals surface area (Å²) < 4.78 is 0. The summed E-state index contributed by atoms with van der Waals surface area (Å²) in [5.74, 6) is 0.353. The number of nitrogens with zero attached hydrogens (tertiary/aromatic N) is 1. The minimum Gasteiger partial charge on any atom is -0.508 e. The Labute approximate surface area is 104 Å². The van der Waals surface area contributed by atoms with Gasteiger partial charge in [0.2, 0.25) is 0 Å². The van der Waals surface area contributed by atoms with Crippen LogP contribution >= 0.6 is 0 Å². The number of phenolic OH excluding ortho intramolecular Hbond substituents is 1. The molecule has 2 nitrogen and oxygen atoms in total. The quantitative estimate of drug-likeness (QED) is 0.860. The summed E-state index contributed by atoms with van der Waals surface area (Å²) in [6.45, 7) is 5.77. The summed E-state index contributed by atoms with van der Waals surface area (Å²) in [5.41, 5.74) is 1.31. The fraction of sp³-hybridized carbons (Fsp3) is 0.600. The molecule has 2 atom stereocenters. The van der Waals surface area contributed by atoms with Crippen molar-refractivity contribution in [1.82, 2.24) is 4.90 Å². The fourth-order valence-corrected chi connectivity index (χ4v) is 2.92. The van der Waals surface area contributed by atoms with E-state index >= 15 is 0 Å². The summed E-state index contributed by atoms with van der Waals surface area (Å²) in [7, 11) is 0. The van der Waals surface area contributed by atoms with Crippen molar-refractivity contribution in [3.05, 3.63) is 29.8 Å². The van der Waals surface area contributed by atoms with Crippen LogP contribution in [0.15, 0.2) is 24.3 Å². The molecule has 1 heterocycles. The van der Waals surface area contributed by atoms with Gasteiger partial charge in [-0.25, -0.2) is 0 Å². The van der Waals surface area contributed by atoms with Crippen molar-refractivity contribution in [2.45, 2.75) is 51.6 Å². The van der Waals surface area contributed by atoms with Crippen molar-refractivity contribution in [3.8, 4) is 5.75 Å². The van der Waals surface area contributed by atoms with E-state index in [1.165, 1.54) is 37.8 Å². The Bertz CT molecular complexity index is 346. The predicted molar refractivity (Wildman–Crippen MR) is 71.2 cm³/mol. The van der Waals surface area contributed by atoms with Crippen LogP contribution < -0.4 is 0 Å². The number of likely N-dealkylation sites (tertiary alicyclic amines) is 1. The lowest BCUT2D eigenvalue weighted by atomic mass is 9.95. The third-order valence-electron chi connectivity index (χ3n) is 4.02. The summed E-state index contributed by atoms with van der Waals surface area (Å²) in [6.07, 6.45) is 5.26. The molecule has 0 aromatic heterocycles. The molecule has 17 heavy (non-hydrogen) atoms. The molecule has 2 rings (SSSR count). The molecule has 2 heteroatoms. The molecule has 0 spiro atoms. The lowest BCUT2D eigenvalue weighted by Gasteiger charge is -2.39. The molecule has 1 aromatic rings. The summed E-state index contributed by atoms with van der Waals surface area (Å²) >= 11 is 0. The highest BCUT2D eigenvalue weighted by Gasteiger charge is 2.25. The maximum Gasteiger partial charge on any atom is 0.115 e. The van der Waals surface area contributed by atoms with Crippen molar-refractivity contribution in [2.24, 2.45) is 0 Å². The van der Waals surface area contributed by atoms with E-state index in [0.29, 0.717) is 11.8 Å². The molecule has 1 aliphatic rings. The molecule has 1 saturated heterocycles. The Morgan fingerprint density at radius 1 is 1.29 bits per heavy atom. The minimum absolute atomic E-state index is 0.353. The molecule has 0 saturated carbocycles. The molecule has 1 aromatic carbocycles. The van der Waals surface area contributed by atoms with Gasteiger partial charge in [-0.05, 0) is 50.4 Å². The van der Waals surface area contributed by atoms with Gasteiger partial charge in [-0.2, -0.15) is 0 Å². The molecule has 1 aliphatic heterocycles. The van der Waals surface area contributed by atoms with Gasteiger partial charge in [0.05, 0.1) is 0 Å². The SMILES string of the molecule is CCC1CCCCN1C(C)c1ccc(O)cc1. The lowest BCUT2D eigenvalue weighted by molar-refractivity contribution is 0.100. The zero-order chi connectivity index (χ0) is 12.3. The first-order valence-corrected chi connectivity index (χ1v) is 6.77. The van der Waals surface area contributed by atoms with Crippen LogP contribution in [-0.4, -0.2) is 22.6 Å². The first kappa shape index (κ1) is 12.4. The largest absolute Gasteiger partial charge is 0.508 e. The Morgan fingerprint density at radius 2 is 2.00 bits per heavy atom. The van der Waals surface area contributed by atoms with E-state index in [2.05, 4.69) is 18.7 Å². The molecule has 94 valence electrons. The van der Waals surface area contributed by atoms with Crippen LogP contribution in [0.4, 0.5) is 0 Å². The van der Waals surface area contributed by atoms with Crippen molar-refractivity contribution < 1.29 is 5.11 Å². The molecule has 1 fully saturated rings. The number of piperidine rings is 1. The number of aromatic hydroxyl groups is 1. The van der Waals surface area contributed by atoms with Crippen molar-refractivity contribution in [1.29, 1.82) is 0 Å². The van der Waals surface area contributed by atoms with Crippen molar-refractivity contribution >= 4 is 0 Å². The molecule has 0 bridgehead atoms. The molecule has 0 radical (unpaired) electrons. The number of benzene rings is 1. The standard InChI is InChI=1S/C15H23NO/c1-3-14-6-4-5-11-16(14)12(2)13-7-9-15(17)10-8-13/h7-10,12,14,17H,3-6,11H2,1-2H3. The number of phenols is 1.